The zero-order chi connectivity index (χ0) is 27.6. The van der Waals surface area contributed by atoms with Crippen LogP contribution in [0.15, 0.2) is 40.0 Å². The van der Waals surface area contributed by atoms with Gasteiger partial charge in [-0.05, 0) is 23.8 Å². The van der Waals surface area contributed by atoms with Crippen LogP contribution in [-0.4, -0.2) is 92.0 Å². The summed E-state index contributed by atoms with van der Waals surface area (Å²) >= 11 is 2.31. The Kier molecular flexibility index (Phi) is 7.84. The summed E-state index contributed by atoms with van der Waals surface area (Å²) in [5, 5.41) is 36.0. The molecule has 200 valence electrons. The Morgan fingerprint density at radius 1 is 1.29 bits per heavy atom. The molecule has 6 N–H and O–H groups in total. The van der Waals surface area contributed by atoms with E-state index < -0.39 is 47.3 Å². The van der Waals surface area contributed by atoms with E-state index >= 15 is 0 Å². The number of phenols is 2. The number of ketones is 1. The largest absolute Gasteiger partial charge is 0.504 e. The van der Waals surface area contributed by atoms with Crippen molar-refractivity contribution in [2.45, 2.75) is 11.4 Å². The molecule has 0 bridgehead atoms. The number of thioether (sulfide) groups is 1. The molecule has 1 aromatic heterocycles. The van der Waals surface area contributed by atoms with Gasteiger partial charge in [0, 0.05) is 16.7 Å². The number of fused-ring (bicyclic) bond motifs is 1. The number of nitrogens with one attached hydrogen (secondary N) is 1. The summed E-state index contributed by atoms with van der Waals surface area (Å²) in [5.41, 5.74) is 5.68. The summed E-state index contributed by atoms with van der Waals surface area (Å²) < 4.78 is 5.40. The second-order valence-corrected chi connectivity index (χ2v) is 9.93. The van der Waals surface area contributed by atoms with Gasteiger partial charge in [-0.3, -0.25) is 19.3 Å². The number of anilines is 1. The molecule has 0 aliphatic carbocycles. The van der Waals surface area contributed by atoms with Gasteiger partial charge in [0.2, 0.25) is 0 Å². The molecule has 2 amide bonds. The molecule has 14 nitrogen and oxygen atoms in total. The average molecular weight is 564 g/mol. The van der Waals surface area contributed by atoms with Crippen molar-refractivity contribution >= 4 is 57.5 Å². The summed E-state index contributed by atoms with van der Waals surface area (Å²) in [7, 11) is 1.24. The maximum Gasteiger partial charge on any atom is 0.352 e. The zero-order valence-electron chi connectivity index (χ0n) is 19.6. The fraction of sp³-hybridized carbons (Fsp3) is 0.273. The summed E-state index contributed by atoms with van der Waals surface area (Å²) in [6, 6.07) is 2.53. The number of ether oxygens (including phenoxy) is 1. The van der Waals surface area contributed by atoms with Crippen LogP contribution in [0.25, 0.3) is 0 Å². The molecule has 2 aliphatic heterocycles. The van der Waals surface area contributed by atoms with Crippen molar-refractivity contribution in [2.75, 3.05) is 31.8 Å². The third-order valence-corrected chi connectivity index (χ3v) is 7.52. The Labute approximate surface area is 222 Å². The van der Waals surface area contributed by atoms with E-state index in [0.717, 1.165) is 28.4 Å². The summed E-state index contributed by atoms with van der Waals surface area (Å²) in [4.78, 5) is 59.8. The maximum atomic E-state index is 12.9. The Morgan fingerprint density at radius 2 is 2.05 bits per heavy atom. The quantitative estimate of drug-likeness (QED) is 0.0857. The fourth-order valence-corrected chi connectivity index (χ4v) is 5.62. The first-order valence-electron chi connectivity index (χ1n) is 10.8. The lowest BCUT2D eigenvalue weighted by molar-refractivity contribution is -0.150. The van der Waals surface area contributed by atoms with E-state index in [1.807, 2.05) is 0 Å². The molecule has 2 atom stereocenters. The van der Waals surface area contributed by atoms with Gasteiger partial charge in [-0.2, -0.15) is 0 Å². The lowest BCUT2D eigenvalue weighted by Crippen LogP contribution is -2.71. The van der Waals surface area contributed by atoms with E-state index in [0.29, 0.717) is 0 Å². The predicted octanol–water partition coefficient (Wildman–Crippen LogP) is 0.125. The normalized spacial score (nSPS) is 19.0. The van der Waals surface area contributed by atoms with Crippen LogP contribution in [0.3, 0.4) is 0 Å². The van der Waals surface area contributed by atoms with Gasteiger partial charge in [0.1, 0.15) is 36.5 Å². The smallest absolute Gasteiger partial charge is 0.352 e. The number of carboxylic acid groups (broad SMARTS) is 1. The summed E-state index contributed by atoms with van der Waals surface area (Å²) in [6.45, 7) is -0.669. The van der Waals surface area contributed by atoms with E-state index in [4.69, 9.17) is 15.3 Å². The van der Waals surface area contributed by atoms with Crippen LogP contribution >= 0.6 is 23.1 Å². The second-order valence-electron chi connectivity index (χ2n) is 7.93. The topological polar surface area (TPSA) is 214 Å². The molecule has 1 aromatic carbocycles. The number of amides is 2. The van der Waals surface area contributed by atoms with Crippen molar-refractivity contribution in [3.8, 4) is 11.5 Å². The first-order chi connectivity index (χ1) is 18.1. The Morgan fingerprint density at radius 3 is 2.68 bits per heavy atom. The Balaban J connectivity index is 1.42. The van der Waals surface area contributed by atoms with Crippen molar-refractivity contribution in [2.24, 2.45) is 5.16 Å². The highest BCUT2D eigenvalue weighted by atomic mass is 32.2. The lowest BCUT2D eigenvalue weighted by Gasteiger charge is -2.49. The van der Waals surface area contributed by atoms with Gasteiger partial charge in [0.05, 0.1) is 6.61 Å². The molecule has 3 heterocycles. The van der Waals surface area contributed by atoms with Crippen molar-refractivity contribution < 1.29 is 44.1 Å². The number of carboxylic acids is 1. The Bertz CT molecular complexity index is 1370. The van der Waals surface area contributed by atoms with Crippen molar-refractivity contribution in [1.82, 2.24) is 15.2 Å². The SMILES string of the molecule is CON=C(C(=O)N[C@@H]1C(=O)N2C(C(=O)O)=C(COCC(=O)c3ccc(O)c(O)c3)CS[C@H]12)c1csc(N)n1. The first-order valence-corrected chi connectivity index (χ1v) is 12.7. The molecule has 2 aliphatic rings. The number of β-lactam (4-membered cyclic amide) rings is 1. The van der Waals surface area contributed by atoms with Crippen LogP contribution in [0.4, 0.5) is 5.13 Å². The first kappa shape index (κ1) is 26.9. The minimum atomic E-state index is -1.36. The number of carbonyl (C=O) groups excluding carboxylic acids is 3. The van der Waals surface area contributed by atoms with E-state index in [-0.39, 0.29) is 51.5 Å². The third kappa shape index (κ3) is 5.27. The van der Waals surface area contributed by atoms with Crippen molar-refractivity contribution in [3.05, 3.63) is 46.1 Å². The van der Waals surface area contributed by atoms with E-state index in [1.165, 1.54) is 30.3 Å². The van der Waals surface area contributed by atoms with Gasteiger partial charge in [0.25, 0.3) is 11.8 Å². The third-order valence-electron chi connectivity index (χ3n) is 5.51. The highest BCUT2D eigenvalue weighted by molar-refractivity contribution is 8.00. The van der Waals surface area contributed by atoms with Crippen LogP contribution in [0.1, 0.15) is 16.1 Å². The van der Waals surface area contributed by atoms with Gasteiger partial charge in [-0.25, -0.2) is 9.78 Å². The lowest BCUT2D eigenvalue weighted by atomic mass is 10.0. The van der Waals surface area contributed by atoms with Crippen LogP contribution in [0, 0.1) is 0 Å². The minimum Gasteiger partial charge on any atom is -0.504 e. The number of hydrogen-bond donors (Lipinski definition) is 5. The molecular weight excluding hydrogens is 542 g/mol. The molecule has 1 saturated heterocycles. The number of nitrogens with two attached hydrogens (primary N) is 1. The number of oxime groups is 1. The number of aromatic hydroxyl groups is 2. The zero-order valence-corrected chi connectivity index (χ0v) is 21.2. The molecule has 0 radical (unpaired) electrons. The molecule has 0 spiro atoms. The summed E-state index contributed by atoms with van der Waals surface area (Å²) in [6.07, 6.45) is 0. The standard InChI is InChI=1S/C22H21N5O9S2/c1-35-26-15(11-8-38-22(23)24-11)18(31)25-16-19(32)27-17(21(33)34)10(7-37-20(16)27)5-36-6-14(30)9-2-3-12(28)13(29)4-9/h2-4,8,16,20,28-29H,5-7H2,1H3,(H2,23,24)(H,25,31)(H,33,34)/t16-,20-/m1/s1. The van der Waals surface area contributed by atoms with E-state index in [9.17, 15) is 34.5 Å². The van der Waals surface area contributed by atoms with Crippen LogP contribution in [0.5, 0.6) is 11.5 Å². The number of thiazole rings is 1. The molecule has 0 unspecified atom stereocenters. The number of nitrogens with zero attached hydrogens (tertiary/aromatic N) is 3. The molecular formula is C22H21N5O9S2. The Hall–Kier alpha value is -4.15. The van der Waals surface area contributed by atoms with Gasteiger partial charge in [-0.15, -0.1) is 23.1 Å². The highest BCUT2D eigenvalue weighted by Gasteiger charge is 2.54. The van der Waals surface area contributed by atoms with Crippen LogP contribution < -0.4 is 11.1 Å². The molecule has 38 heavy (non-hydrogen) atoms. The predicted molar refractivity (Wildman–Crippen MR) is 135 cm³/mol. The number of benzene rings is 1. The number of carbonyl (C=O) groups is 4. The van der Waals surface area contributed by atoms with Gasteiger partial charge in [-0.1, -0.05) is 5.16 Å². The monoisotopic (exact) mass is 563 g/mol. The average Bonchev–Trinajstić information content (AvgIpc) is 3.32. The van der Waals surface area contributed by atoms with E-state index in [1.54, 1.807) is 0 Å². The van der Waals surface area contributed by atoms with Crippen LogP contribution in [0.2, 0.25) is 0 Å². The summed E-state index contributed by atoms with van der Waals surface area (Å²) in [5.74, 6) is -3.93. The second kappa shape index (κ2) is 11.1. The number of rotatable bonds is 10. The minimum absolute atomic E-state index is 0.0963. The molecule has 2 aromatic rings. The highest BCUT2D eigenvalue weighted by Crippen LogP contribution is 2.40. The van der Waals surface area contributed by atoms with E-state index in [2.05, 4.69) is 15.5 Å². The van der Waals surface area contributed by atoms with Crippen molar-refractivity contribution in [1.29, 1.82) is 0 Å². The number of aliphatic carboxylic acids is 1. The number of aromatic nitrogens is 1. The molecule has 16 heteroatoms. The van der Waals surface area contributed by atoms with Gasteiger partial charge in [0.15, 0.2) is 28.1 Å². The van der Waals surface area contributed by atoms with Gasteiger partial charge >= 0.3 is 5.97 Å². The number of nitrogen functional groups attached to an aromatic ring is 1. The molecule has 1 fully saturated rings. The number of phenolic OH excluding ortho intramolecular Hbond substituents is 2. The van der Waals surface area contributed by atoms with Crippen LogP contribution in [-0.2, 0) is 24.0 Å². The number of hydrogen-bond acceptors (Lipinski definition) is 13. The maximum absolute atomic E-state index is 12.9. The molecule has 4 rings (SSSR count). The van der Waals surface area contributed by atoms with Crippen molar-refractivity contribution in [3.63, 3.8) is 0 Å². The molecule has 0 saturated carbocycles. The van der Waals surface area contributed by atoms with Gasteiger partial charge < -0.3 is 35.9 Å². The fourth-order valence-electron chi connectivity index (χ4n) is 3.74. The number of Topliss-reactive ketones (excluding diaryl/α,β-unsaturated/α-hetero) is 1.